The lowest BCUT2D eigenvalue weighted by Crippen LogP contribution is -2.48. The molecular weight excluding hydrogens is 230 g/mol. The van der Waals surface area contributed by atoms with Crippen molar-refractivity contribution in [2.45, 2.75) is 50.6 Å². The summed E-state index contributed by atoms with van der Waals surface area (Å²) in [5.74, 6) is 0.198. The van der Waals surface area contributed by atoms with Gasteiger partial charge in [0.1, 0.15) is 0 Å². The predicted octanol–water partition coefficient (Wildman–Crippen LogP) is 0.241. The van der Waals surface area contributed by atoms with Crippen molar-refractivity contribution in [3.63, 3.8) is 0 Å². The first-order valence-electron chi connectivity index (χ1n) is 6.87. The molecule has 1 saturated carbocycles. The van der Waals surface area contributed by atoms with E-state index in [1.54, 1.807) is 0 Å². The van der Waals surface area contributed by atoms with E-state index in [9.17, 15) is 9.59 Å². The number of hydrogen-bond donors (Lipinski definition) is 2. The molecule has 0 aromatic heterocycles. The fourth-order valence-corrected chi connectivity index (χ4v) is 2.90. The van der Waals surface area contributed by atoms with Crippen LogP contribution in [0.2, 0.25) is 0 Å². The normalized spacial score (nSPS) is 32.8. The van der Waals surface area contributed by atoms with Crippen molar-refractivity contribution in [1.29, 1.82) is 0 Å². The van der Waals surface area contributed by atoms with Gasteiger partial charge in [-0.1, -0.05) is 0 Å². The van der Waals surface area contributed by atoms with Crippen LogP contribution in [0.5, 0.6) is 0 Å². The standard InChI is InChI=1S/C13H23N3O2/c1-16(11-5-3-10(14)4-6-11)13(18)9-2-7-12(17)15-8-9/h9-11H,2-8,14H2,1H3,(H,15,17). The molecule has 1 saturated heterocycles. The summed E-state index contributed by atoms with van der Waals surface area (Å²) in [5, 5.41) is 2.77. The third kappa shape index (κ3) is 3.02. The molecule has 1 atom stereocenters. The first-order valence-corrected chi connectivity index (χ1v) is 6.87. The second kappa shape index (κ2) is 5.69. The van der Waals surface area contributed by atoms with Crippen LogP contribution >= 0.6 is 0 Å². The van der Waals surface area contributed by atoms with Crippen LogP contribution in [0.1, 0.15) is 38.5 Å². The van der Waals surface area contributed by atoms with E-state index < -0.39 is 0 Å². The molecule has 0 aromatic rings. The highest BCUT2D eigenvalue weighted by Gasteiger charge is 2.31. The fraction of sp³-hybridized carbons (Fsp3) is 0.846. The molecule has 2 fully saturated rings. The quantitative estimate of drug-likeness (QED) is 0.740. The molecule has 1 heterocycles. The van der Waals surface area contributed by atoms with Crippen LogP contribution in [0, 0.1) is 5.92 Å². The van der Waals surface area contributed by atoms with Gasteiger partial charge in [0.25, 0.3) is 0 Å². The molecule has 2 rings (SSSR count). The van der Waals surface area contributed by atoms with E-state index in [-0.39, 0.29) is 17.7 Å². The molecule has 0 bridgehead atoms. The Morgan fingerprint density at radius 2 is 1.94 bits per heavy atom. The van der Waals surface area contributed by atoms with E-state index in [0.29, 0.717) is 31.5 Å². The zero-order valence-corrected chi connectivity index (χ0v) is 11.0. The topological polar surface area (TPSA) is 75.4 Å². The summed E-state index contributed by atoms with van der Waals surface area (Å²) in [6.45, 7) is 0.494. The Morgan fingerprint density at radius 1 is 1.28 bits per heavy atom. The van der Waals surface area contributed by atoms with E-state index in [4.69, 9.17) is 5.73 Å². The van der Waals surface area contributed by atoms with Crippen molar-refractivity contribution in [3.8, 4) is 0 Å². The minimum absolute atomic E-state index is 0.0386. The summed E-state index contributed by atoms with van der Waals surface area (Å²) >= 11 is 0. The molecule has 3 N–H and O–H groups in total. The van der Waals surface area contributed by atoms with Gasteiger partial charge in [0.15, 0.2) is 0 Å². The van der Waals surface area contributed by atoms with Crippen LogP contribution in [0.3, 0.4) is 0 Å². The SMILES string of the molecule is CN(C(=O)C1CCC(=O)NC1)C1CCC(N)CC1. The van der Waals surface area contributed by atoms with E-state index >= 15 is 0 Å². The molecule has 2 amide bonds. The van der Waals surface area contributed by atoms with Gasteiger partial charge in [0.2, 0.25) is 11.8 Å². The number of hydrogen-bond acceptors (Lipinski definition) is 3. The van der Waals surface area contributed by atoms with E-state index in [0.717, 1.165) is 25.7 Å². The van der Waals surface area contributed by atoms with Crippen molar-refractivity contribution in [3.05, 3.63) is 0 Å². The van der Waals surface area contributed by atoms with Gasteiger partial charge in [-0.15, -0.1) is 0 Å². The highest BCUT2D eigenvalue weighted by atomic mass is 16.2. The third-order valence-electron chi connectivity index (χ3n) is 4.25. The molecule has 1 aliphatic carbocycles. The fourth-order valence-electron chi connectivity index (χ4n) is 2.90. The highest BCUT2D eigenvalue weighted by Crippen LogP contribution is 2.23. The molecular formula is C13H23N3O2. The minimum Gasteiger partial charge on any atom is -0.355 e. The predicted molar refractivity (Wildman–Crippen MR) is 68.7 cm³/mol. The van der Waals surface area contributed by atoms with Crippen LogP contribution in [0.25, 0.3) is 0 Å². The van der Waals surface area contributed by atoms with Gasteiger partial charge in [0.05, 0.1) is 5.92 Å². The molecule has 0 spiro atoms. The van der Waals surface area contributed by atoms with Gasteiger partial charge < -0.3 is 16.0 Å². The van der Waals surface area contributed by atoms with Crippen molar-refractivity contribution in [2.24, 2.45) is 11.7 Å². The molecule has 5 nitrogen and oxygen atoms in total. The van der Waals surface area contributed by atoms with Gasteiger partial charge in [-0.05, 0) is 32.1 Å². The lowest BCUT2D eigenvalue weighted by atomic mass is 9.89. The molecule has 102 valence electrons. The summed E-state index contributed by atoms with van der Waals surface area (Å²) in [4.78, 5) is 25.3. The molecule has 1 unspecified atom stereocenters. The zero-order valence-electron chi connectivity index (χ0n) is 11.0. The second-order valence-electron chi connectivity index (χ2n) is 5.56. The largest absolute Gasteiger partial charge is 0.355 e. The van der Waals surface area contributed by atoms with Crippen LogP contribution < -0.4 is 11.1 Å². The molecule has 18 heavy (non-hydrogen) atoms. The lowest BCUT2D eigenvalue weighted by molar-refractivity contribution is -0.138. The smallest absolute Gasteiger partial charge is 0.227 e. The van der Waals surface area contributed by atoms with E-state index in [1.807, 2.05) is 11.9 Å². The maximum Gasteiger partial charge on any atom is 0.227 e. The van der Waals surface area contributed by atoms with Crippen LogP contribution in [-0.2, 0) is 9.59 Å². The van der Waals surface area contributed by atoms with Crippen molar-refractivity contribution >= 4 is 11.8 Å². The average Bonchev–Trinajstić information content (AvgIpc) is 2.39. The van der Waals surface area contributed by atoms with Crippen molar-refractivity contribution in [1.82, 2.24) is 10.2 Å². The number of nitrogens with one attached hydrogen (secondary N) is 1. The molecule has 0 aromatic carbocycles. The zero-order chi connectivity index (χ0) is 13.1. The Hall–Kier alpha value is -1.10. The molecule has 5 heteroatoms. The molecule has 2 aliphatic rings. The third-order valence-corrected chi connectivity index (χ3v) is 4.25. The summed E-state index contributed by atoms with van der Waals surface area (Å²) < 4.78 is 0. The summed E-state index contributed by atoms with van der Waals surface area (Å²) in [5.41, 5.74) is 5.88. The van der Waals surface area contributed by atoms with Gasteiger partial charge in [0, 0.05) is 32.1 Å². The van der Waals surface area contributed by atoms with Gasteiger partial charge in [-0.25, -0.2) is 0 Å². The number of rotatable bonds is 2. The van der Waals surface area contributed by atoms with Gasteiger partial charge in [-0.3, -0.25) is 9.59 Å². The first kappa shape index (κ1) is 13.3. The lowest BCUT2D eigenvalue weighted by Gasteiger charge is -2.36. The number of piperidine rings is 1. The molecule has 1 aliphatic heterocycles. The summed E-state index contributed by atoms with van der Waals surface area (Å²) in [7, 11) is 1.89. The second-order valence-corrected chi connectivity index (χ2v) is 5.56. The van der Waals surface area contributed by atoms with E-state index in [2.05, 4.69) is 5.32 Å². The highest BCUT2D eigenvalue weighted by molar-refractivity contribution is 5.83. The van der Waals surface area contributed by atoms with Gasteiger partial charge >= 0.3 is 0 Å². The van der Waals surface area contributed by atoms with Crippen LogP contribution in [0.4, 0.5) is 0 Å². The monoisotopic (exact) mass is 253 g/mol. The Balaban J connectivity index is 1.86. The van der Waals surface area contributed by atoms with E-state index in [1.165, 1.54) is 0 Å². The maximum atomic E-state index is 12.3. The summed E-state index contributed by atoms with van der Waals surface area (Å²) in [6.07, 6.45) is 5.17. The Morgan fingerprint density at radius 3 is 2.50 bits per heavy atom. The van der Waals surface area contributed by atoms with Crippen LogP contribution in [0.15, 0.2) is 0 Å². The number of nitrogens with two attached hydrogens (primary N) is 1. The Bertz CT molecular complexity index is 314. The van der Waals surface area contributed by atoms with Crippen LogP contribution in [-0.4, -0.2) is 42.4 Å². The average molecular weight is 253 g/mol. The first-order chi connectivity index (χ1) is 8.58. The summed E-state index contributed by atoms with van der Waals surface area (Å²) in [6, 6.07) is 0.633. The Kier molecular flexibility index (Phi) is 4.22. The Labute approximate surface area is 108 Å². The molecule has 0 radical (unpaired) electrons. The number of amides is 2. The minimum atomic E-state index is -0.0386. The van der Waals surface area contributed by atoms with Crippen molar-refractivity contribution < 1.29 is 9.59 Å². The van der Waals surface area contributed by atoms with Crippen molar-refractivity contribution in [2.75, 3.05) is 13.6 Å². The number of nitrogens with zero attached hydrogens (tertiary/aromatic N) is 1. The number of carbonyl (C=O) groups is 2. The number of carbonyl (C=O) groups excluding carboxylic acids is 2. The maximum absolute atomic E-state index is 12.3. The van der Waals surface area contributed by atoms with Gasteiger partial charge in [-0.2, -0.15) is 0 Å².